The van der Waals surface area contributed by atoms with E-state index in [1.54, 1.807) is 25.1 Å². The quantitative estimate of drug-likeness (QED) is 0.409. The van der Waals surface area contributed by atoms with Crippen molar-refractivity contribution in [3.05, 3.63) is 45.8 Å². The van der Waals surface area contributed by atoms with Gasteiger partial charge < -0.3 is 24.7 Å². The van der Waals surface area contributed by atoms with Crippen molar-refractivity contribution in [2.75, 3.05) is 19.8 Å². The van der Waals surface area contributed by atoms with E-state index in [2.05, 4.69) is 40.6 Å². The number of hydrogen-bond donors (Lipinski definition) is 4. The van der Waals surface area contributed by atoms with Crippen LogP contribution in [0.5, 0.6) is 5.75 Å². The average molecular weight is 488 g/mol. The summed E-state index contributed by atoms with van der Waals surface area (Å²) in [5.41, 5.74) is 2.08. The molecule has 1 aliphatic heterocycles. The number of aliphatic hydroxyl groups excluding tert-OH is 2. The van der Waals surface area contributed by atoms with E-state index in [1.807, 2.05) is 12.1 Å². The Balaban J connectivity index is 0.000000403. The van der Waals surface area contributed by atoms with Gasteiger partial charge in [0.05, 0.1) is 35.6 Å². The van der Waals surface area contributed by atoms with Gasteiger partial charge in [-0.1, -0.05) is 11.6 Å². The number of halogens is 1. The van der Waals surface area contributed by atoms with Crippen molar-refractivity contribution >= 4 is 22.8 Å². The number of terminal acetylenes is 2. The highest BCUT2D eigenvalue weighted by atomic mass is 35.5. The van der Waals surface area contributed by atoms with Crippen LogP contribution in [0.25, 0.3) is 22.4 Å². The molecule has 3 aromatic rings. The summed E-state index contributed by atoms with van der Waals surface area (Å²) in [4.78, 5) is 20.9. The molecule has 2 aromatic heterocycles. The van der Waals surface area contributed by atoms with Crippen LogP contribution in [0.1, 0.15) is 26.2 Å². The molecule has 0 bridgehead atoms. The summed E-state index contributed by atoms with van der Waals surface area (Å²) in [5, 5.41) is 18.0. The summed E-state index contributed by atoms with van der Waals surface area (Å²) in [6, 6.07) is 8.87. The second kappa shape index (κ2) is 15.5. The summed E-state index contributed by atoms with van der Waals surface area (Å²) in [6.45, 7) is 2.76. The number of aromatic amines is 2. The lowest BCUT2D eigenvalue weighted by molar-refractivity contribution is -0.0172. The van der Waals surface area contributed by atoms with Gasteiger partial charge in [0.1, 0.15) is 11.9 Å². The van der Waals surface area contributed by atoms with Crippen molar-refractivity contribution in [1.82, 2.24) is 15.0 Å². The van der Waals surface area contributed by atoms with Gasteiger partial charge in [-0.3, -0.25) is 4.98 Å². The zero-order chi connectivity index (χ0) is 25.5. The topological polar surface area (TPSA) is 120 Å². The fourth-order valence-corrected chi connectivity index (χ4v) is 3.32. The zero-order valence-corrected chi connectivity index (χ0v) is 19.8. The number of nitrogens with one attached hydrogen (secondary N) is 2. The minimum absolute atomic E-state index is 0.0490. The summed E-state index contributed by atoms with van der Waals surface area (Å²) >= 11 is 6.23. The van der Waals surface area contributed by atoms with E-state index in [0.717, 1.165) is 25.0 Å². The Morgan fingerprint density at radius 2 is 1.85 bits per heavy atom. The van der Waals surface area contributed by atoms with Crippen LogP contribution in [-0.4, -0.2) is 57.2 Å². The molecule has 0 spiro atoms. The van der Waals surface area contributed by atoms with Crippen molar-refractivity contribution in [2.24, 2.45) is 0 Å². The van der Waals surface area contributed by atoms with Crippen LogP contribution >= 0.6 is 11.6 Å². The van der Waals surface area contributed by atoms with Gasteiger partial charge in [0.15, 0.2) is 5.65 Å². The van der Waals surface area contributed by atoms with Crippen LogP contribution in [0, 0.1) is 25.7 Å². The Bertz CT molecular complexity index is 1080. The second-order valence-corrected chi connectivity index (χ2v) is 7.51. The van der Waals surface area contributed by atoms with E-state index in [9.17, 15) is 4.79 Å². The van der Waals surface area contributed by atoms with Crippen LogP contribution in [0.15, 0.2) is 35.1 Å². The smallest absolute Gasteiger partial charge is 0.325 e. The molecule has 0 saturated carbocycles. The van der Waals surface area contributed by atoms with Crippen molar-refractivity contribution in [1.29, 1.82) is 0 Å². The monoisotopic (exact) mass is 487 g/mol. The molecular weight excluding hydrogens is 458 g/mol. The first-order valence-corrected chi connectivity index (χ1v) is 10.9. The highest BCUT2D eigenvalue weighted by molar-refractivity contribution is 6.33. The Kier molecular flexibility index (Phi) is 13.2. The number of H-pyrrole nitrogens is 2. The molecule has 1 unspecified atom stereocenters. The van der Waals surface area contributed by atoms with Gasteiger partial charge in [-0.25, -0.2) is 9.78 Å². The Morgan fingerprint density at radius 1 is 1.18 bits per heavy atom. The Labute approximate surface area is 204 Å². The summed E-state index contributed by atoms with van der Waals surface area (Å²) in [5.74, 6) is 0.651. The molecule has 8 nitrogen and oxygen atoms in total. The molecule has 0 radical (unpaired) electrons. The molecule has 0 amide bonds. The summed E-state index contributed by atoms with van der Waals surface area (Å²) in [6.07, 6.45) is 19.3. The minimum atomic E-state index is -0.322. The number of imidazole rings is 1. The molecule has 1 aliphatic rings. The van der Waals surface area contributed by atoms with E-state index >= 15 is 0 Å². The standard InChI is InChI=1S/C15H14ClN3O3.C6H12O2.2C2H2/c1-8(7-20)22-10-4-2-9(3-5-10)13-11(16)6-12-14(18-13)19-15(21)17-12;7-5-6-3-1-2-4-8-6;2*1-2/h2-6,8,20H,7H2,1H3,(H2,17,18,19,21);6-7H,1-5H2;2*1-2H/t;6-;;/m.0../s1. The van der Waals surface area contributed by atoms with Crippen LogP contribution in [0.4, 0.5) is 0 Å². The van der Waals surface area contributed by atoms with Gasteiger partial charge in [0, 0.05) is 12.2 Å². The molecule has 9 heteroatoms. The molecule has 182 valence electrons. The Hall–Kier alpha value is -3.27. The van der Waals surface area contributed by atoms with Crippen LogP contribution in [0.2, 0.25) is 5.02 Å². The maximum Gasteiger partial charge on any atom is 0.325 e. The van der Waals surface area contributed by atoms with Crippen molar-refractivity contribution in [3.8, 4) is 42.7 Å². The molecule has 0 aliphatic carbocycles. The maximum atomic E-state index is 11.3. The normalized spacial score (nSPS) is 15.4. The third-order valence-corrected chi connectivity index (χ3v) is 4.94. The molecule has 34 heavy (non-hydrogen) atoms. The first kappa shape index (κ1) is 28.8. The minimum Gasteiger partial charge on any atom is -0.488 e. The third-order valence-electron chi connectivity index (χ3n) is 4.66. The van der Waals surface area contributed by atoms with Gasteiger partial charge in [-0.2, -0.15) is 0 Å². The highest BCUT2D eigenvalue weighted by Gasteiger charge is 2.11. The molecule has 1 saturated heterocycles. The Morgan fingerprint density at radius 3 is 2.38 bits per heavy atom. The van der Waals surface area contributed by atoms with Gasteiger partial charge in [0.2, 0.25) is 0 Å². The highest BCUT2D eigenvalue weighted by Crippen LogP contribution is 2.29. The number of pyridine rings is 1. The number of ether oxygens (including phenoxy) is 2. The SMILES string of the molecule is C#C.C#C.CC(CO)Oc1ccc(-c2nc3[nH]c(=O)[nH]c3cc2Cl)cc1.OC[C@@H]1CCCCO1. The van der Waals surface area contributed by atoms with Gasteiger partial charge in [0.25, 0.3) is 0 Å². The number of aliphatic hydroxyl groups is 2. The summed E-state index contributed by atoms with van der Waals surface area (Å²) in [7, 11) is 0. The number of fused-ring (bicyclic) bond motifs is 1. The lowest BCUT2D eigenvalue weighted by atomic mass is 10.1. The predicted molar refractivity (Wildman–Crippen MR) is 135 cm³/mol. The molecule has 3 heterocycles. The number of rotatable bonds is 5. The molecule has 2 atom stereocenters. The van der Waals surface area contributed by atoms with Gasteiger partial charge in [-0.15, -0.1) is 25.7 Å². The predicted octanol–water partition coefficient (Wildman–Crippen LogP) is 3.38. The molecule has 4 N–H and O–H groups in total. The van der Waals surface area contributed by atoms with Gasteiger partial charge >= 0.3 is 5.69 Å². The zero-order valence-electron chi connectivity index (χ0n) is 19.0. The van der Waals surface area contributed by atoms with Crippen molar-refractivity contribution in [3.63, 3.8) is 0 Å². The van der Waals surface area contributed by atoms with E-state index < -0.39 is 0 Å². The number of aromatic nitrogens is 3. The largest absolute Gasteiger partial charge is 0.488 e. The van der Waals surface area contributed by atoms with E-state index in [4.69, 9.17) is 31.3 Å². The molecule has 1 fully saturated rings. The fourth-order valence-electron chi connectivity index (χ4n) is 3.06. The fraction of sp³-hybridized carbons (Fsp3) is 0.360. The average Bonchev–Trinajstić information content (AvgIpc) is 3.26. The van der Waals surface area contributed by atoms with Crippen LogP contribution in [-0.2, 0) is 4.74 Å². The van der Waals surface area contributed by atoms with Crippen molar-refractivity contribution < 1.29 is 19.7 Å². The van der Waals surface area contributed by atoms with Gasteiger partial charge in [-0.05, 0) is 56.5 Å². The molecule has 4 rings (SSSR count). The number of hydrogen-bond acceptors (Lipinski definition) is 6. The lowest BCUT2D eigenvalue weighted by Crippen LogP contribution is -2.22. The first-order chi connectivity index (χ1) is 16.5. The van der Waals surface area contributed by atoms with E-state index in [0.29, 0.717) is 27.6 Å². The second-order valence-electron chi connectivity index (χ2n) is 7.10. The van der Waals surface area contributed by atoms with E-state index in [1.165, 1.54) is 6.42 Å². The first-order valence-electron chi connectivity index (χ1n) is 10.6. The van der Waals surface area contributed by atoms with E-state index in [-0.39, 0.29) is 31.1 Å². The summed E-state index contributed by atoms with van der Waals surface area (Å²) < 4.78 is 10.7. The number of nitrogens with zero attached hydrogens (tertiary/aromatic N) is 1. The lowest BCUT2D eigenvalue weighted by Gasteiger charge is -2.19. The van der Waals surface area contributed by atoms with Crippen LogP contribution < -0.4 is 10.4 Å². The maximum absolute atomic E-state index is 11.3. The number of benzene rings is 1. The van der Waals surface area contributed by atoms with Crippen molar-refractivity contribution in [2.45, 2.75) is 38.4 Å². The third kappa shape index (κ3) is 8.58. The molecule has 1 aromatic carbocycles. The van der Waals surface area contributed by atoms with Crippen LogP contribution in [0.3, 0.4) is 0 Å². The molecular formula is C25H30ClN3O5.